The number of hydrogen-bond donors (Lipinski definition) is 0. The van der Waals surface area contributed by atoms with Crippen LogP contribution in [0.3, 0.4) is 0 Å². The number of nitrogens with zero attached hydrogens (tertiary/aromatic N) is 3. The lowest BCUT2D eigenvalue weighted by molar-refractivity contribution is -0.137. The molecule has 6 heteroatoms. The molecule has 1 aliphatic heterocycles. The van der Waals surface area contributed by atoms with Gasteiger partial charge >= 0.3 is 0 Å². The van der Waals surface area contributed by atoms with Crippen molar-refractivity contribution in [3.63, 3.8) is 0 Å². The van der Waals surface area contributed by atoms with E-state index in [0.29, 0.717) is 19.1 Å². The molecule has 0 N–H and O–H groups in total. The van der Waals surface area contributed by atoms with Crippen LogP contribution in [0.25, 0.3) is 0 Å². The van der Waals surface area contributed by atoms with E-state index >= 15 is 0 Å². The summed E-state index contributed by atoms with van der Waals surface area (Å²) in [5.74, 6) is 0.536. The summed E-state index contributed by atoms with van der Waals surface area (Å²) in [6.07, 6.45) is 5.84. The first kappa shape index (κ1) is 17.5. The van der Waals surface area contributed by atoms with Crippen LogP contribution < -0.4 is 9.64 Å². The normalized spacial score (nSPS) is 19.2. The molecule has 0 radical (unpaired) electrons. The third kappa shape index (κ3) is 3.79. The fourth-order valence-electron chi connectivity index (χ4n) is 3.58. The van der Waals surface area contributed by atoms with Crippen LogP contribution in [0.5, 0.6) is 5.75 Å². The van der Waals surface area contributed by atoms with Gasteiger partial charge in [-0.15, -0.1) is 0 Å². The number of pyridine rings is 1. The standard InChI is InChI=1S/C21H23N3O3/c1-27-19-6-4-17(5-7-19)23-14-16(12-20(23)25)21(26)24(18-2-3-18)13-15-8-10-22-11-9-15/h4-11,16,18H,2-3,12-14H2,1H3. The van der Waals surface area contributed by atoms with Crippen molar-refractivity contribution in [3.05, 3.63) is 54.4 Å². The van der Waals surface area contributed by atoms with E-state index in [-0.39, 0.29) is 24.2 Å². The number of methoxy groups -OCH3 is 1. The number of ether oxygens (including phenoxy) is 1. The number of carbonyl (C=O) groups is 2. The van der Waals surface area contributed by atoms with Gasteiger partial charge < -0.3 is 14.5 Å². The first-order valence-corrected chi connectivity index (χ1v) is 9.29. The monoisotopic (exact) mass is 365 g/mol. The zero-order chi connectivity index (χ0) is 18.8. The van der Waals surface area contributed by atoms with E-state index in [2.05, 4.69) is 4.98 Å². The molecule has 6 nitrogen and oxygen atoms in total. The highest BCUT2D eigenvalue weighted by atomic mass is 16.5. The Labute approximate surface area is 158 Å². The number of rotatable bonds is 6. The number of amides is 2. The van der Waals surface area contributed by atoms with Gasteiger partial charge in [-0.1, -0.05) is 0 Å². The molecule has 1 aromatic carbocycles. The van der Waals surface area contributed by atoms with Crippen molar-refractivity contribution in [3.8, 4) is 5.75 Å². The molecule has 1 saturated carbocycles. The summed E-state index contributed by atoms with van der Waals surface area (Å²) in [5, 5.41) is 0. The highest BCUT2D eigenvalue weighted by Gasteiger charge is 2.41. The summed E-state index contributed by atoms with van der Waals surface area (Å²) in [5.41, 5.74) is 1.88. The maximum Gasteiger partial charge on any atom is 0.228 e. The molecule has 140 valence electrons. The summed E-state index contributed by atoms with van der Waals surface area (Å²) in [7, 11) is 1.61. The van der Waals surface area contributed by atoms with E-state index in [9.17, 15) is 9.59 Å². The van der Waals surface area contributed by atoms with Crippen LogP contribution in [0.4, 0.5) is 5.69 Å². The van der Waals surface area contributed by atoms with Gasteiger partial charge in [0.15, 0.2) is 0 Å². The highest BCUT2D eigenvalue weighted by molar-refractivity contribution is 6.00. The molecule has 27 heavy (non-hydrogen) atoms. The van der Waals surface area contributed by atoms with Gasteiger partial charge in [0.05, 0.1) is 13.0 Å². The van der Waals surface area contributed by atoms with Gasteiger partial charge in [-0.25, -0.2) is 0 Å². The van der Waals surface area contributed by atoms with Crippen LogP contribution in [-0.2, 0) is 16.1 Å². The van der Waals surface area contributed by atoms with Crippen molar-refractivity contribution in [1.29, 1.82) is 0 Å². The van der Waals surface area contributed by atoms with Crippen LogP contribution in [0.15, 0.2) is 48.8 Å². The topological polar surface area (TPSA) is 62.7 Å². The summed E-state index contributed by atoms with van der Waals surface area (Å²) in [6.45, 7) is 1.02. The largest absolute Gasteiger partial charge is 0.497 e. The predicted octanol–water partition coefficient (Wildman–Crippen LogP) is 2.63. The fourth-order valence-corrected chi connectivity index (χ4v) is 3.58. The molecule has 1 aromatic heterocycles. The van der Waals surface area contributed by atoms with Gasteiger partial charge in [0.2, 0.25) is 11.8 Å². The van der Waals surface area contributed by atoms with E-state index in [1.807, 2.05) is 41.3 Å². The summed E-state index contributed by atoms with van der Waals surface area (Å²) in [4.78, 5) is 33.4. The van der Waals surface area contributed by atoms with Crippen molar-refractivity contribution >= 4 is 17.5 Å². The van der Waals surface area contributed by atoms with E-state index in [4.69, 9.17) is 4.74 Å². The molecule has 1 aliphatic carbocycles. The average Bonchev–Trinajstić information content (AvgIpc) is 3.48. The summed E-state index contributed by atoms with van der Waals surface area (Å²) < 4.78 is 5.17. The number of benzene rings is 1. The Kier molecular flexibility index (Phi) is 4.79. The van der Waals surface area contributed by atoms with Crippen molar-refractivity contribution in [2.75, 3.05) is 18.6 Å². The average molecular weight is 365 g/mol. The Morgan fingerprint density at radius 3 is 2.52 bits per heavy atom. The molecule has 1 saturated heterocycles. The second kappa shape index (κ2) is 7.39. The molecule has 2 fully saturated rings. The van der Waals surface area contributed by atoms with Gasteiger partial charge in [0.25, 0.3) is 0 Å². The maximum atomic E-state index is 13.2. The van der Waals surface area contributed by atoms with E-state index in [0.717, 1.165) is 29.8 Å². The van der Waals surface area contributed by atoms with Gasteiger partial charge in [0.1, 0.15) is 5.75 Å². The second-order valence-corrected chi connectivity index (χ2v) is 7.16. The lowest BCUT2D eigenvalue weighted by Crippen LogP contribution is -2.38. The summed E-state index contributed by atoms with van der Waals surface area (Å²) >= 11 is 0. The first-order chi connectivity index (χ1) is 13.2. The van der Waals surface area contributed by atoms with Crippen LogP contribution in [0.2, 0.25) is 0 Å². The molecule has 0 bridgehead atoms. The number of anilines is 1. The lowest BCUT2D eigenvalue weighted by atomic mass is 10.1. The third-order valence-electron chi connectivity index (χ3n) is 5.23. The Hall–Kier alpha value is -2.89. The maximum absolute atomic E-state index is 13.2. The molecule has 2 aliphatic rings. The van der Waals surface area contributed by atoms with Gasteiger partial charge in [-0.3, -0.25) is 14.6 Å². The Bertz CT molecular complexity index is 818. The van der Waals surface area contributed by atoms with Crippen molar-refractivity contribution in [2.24, 2.45) is 5.92 Å². The molecule has 1 atom stereocenters. The van der Waals surface area contributed by atoms with Crippen molar-refractivity contribution in [2.45, 2.75) is 31.8 Å². The first-order valence-electron chi connectivity index (χ1n) is 9.29. The molecule has 0 spiro atoms. The Morgan fingerprint density at radius 2 is 1.89 bits per heavy atom. The number of hydrogen-bond acceptors (Lipinski definition) is 4. The minimum atomic E-state index is -0.290. The van der Waals surface area contributed by atoms with Crippen LogP contribution >= 0.6 is 0 Å². The zero-order valence-electron chi connectivity index (χ0n) is 15.4. The minimum absolute atomic E-state index is 0.00169. The highest BCUT2D eigenvalue weighted by Crippen LogP contribution is 2.33. The molecule has 2 aromatic rings. The molecule has 4 rings (SSSR count). The Morgan fingerprint density at radius 1 is 1.19 bits per heavy atom. The number of aromatic nitrogens is 1. The third-order valence-corrected chi connectivity index (χ3v) is 5.23. The van der Waals surface area contributed by atoms with Gasteiger partial charge in [0, 0.05) is 43.6 Å². The predicted molar refractivity (Wildman–Crippen MR) is 101 cm³/mol. The van der Waals surface area contributed by atoms with E-state index in [1.54, 1.807) is 24.4 Å². The van der Waals surface area contributed by atoms with Crippen molar-refractivity contribution < 1.29 is 14.3 Å². The zero-order valence-corrected chi connectivity index (χ0v) is 15.4. The van der Waals surface area contributed by atoms with Crippen LogP contribution in [0, 0.1) is 5.92 Å². The smallest absolute Gasteiger partial charge is 0.228 e. The lowest BCUT2D eigenvalue weighted by Gasteiger charge is -2.25. The molecular formula is C21H23N3O3. The Balaban J connectivity index is 1.47. The quantitative estimate of drug-likeness (QED) is 0.789. The summed E-state index contributed by atoms with van der Waals surface area (Å²) in [6, 6.07) is 11.6. The van der Waals surface area contributed by atoms with Gasteiger partial charge in [-0.2, -0.15) is 0 Å². The van der Waals surface area contributed by atoms with Crippen LogP contribution in [0.1, 0.15) is 24.8 Å². The molecular weight excluding hydrogens is 342 g/mol. The molecule has 2 amide bonds. The SMILES string of the molecule is COc1ccc(N2CC(C(=O)N(Cc3ccncc3)C3CC3)CC2=O)cc1. The van der Waals surface area contributed by atoms with E-state index in [1.165, 1.54) is 0 Å². The second-order valence-electron chi connectivity index (χ2n) is 7.16. The van der Waals surface area contributed by atoms with Crippen LogP contribution in [-0.4, -0.2) is 41.4 Å². The van der Waals surface area contributed by atoms with Gasteiger partial charge in [-0.05, 0) is 54.8 Å². The molecule has 1 unspecified atom stereocenters. The number of carbonyl (C=O) groups excluding carboxylic acids is 2. The fraction of sp³-hybridized carbons (Fsp3) is 0.381. The van der Waals surface area contributed by atoms with E-state index < -0.39 is 0 Å². The molecule has 2 heterocycles. The van der Waals surface area contributed by atoms with Crippen molar-refractivity contribution in [1.82, 2.24) is 9.88 Å². The minimum Gasteiger partial charge on any atom is -0.497 e.